The van der Waals surface area contributed by atoms with Gasteiger partial charge in [0.05, 0.1) is 7.11 Å². The molecule has 0 aliphatic heterocycles. The smallest absolute Gasteiger partial charge is 0.326 e. The molecule has 3 N–H and O–H groups in total. The zero-order valence-corrected chi connectivity index (χ0v) is 16.1. The molecule has 1 unspecified atom stereocenters. The number of thiophene rings is 1. The van der Waals surface area contributed by atoms with Crippen LogP contribution in [0.4, 0.5) is 0 Å². The van der Waals surface area contributed by atoms with Gasteiger partial charge in [0, 0.05) is 18.2 Å². The topological polar surface area (TPSA) is 105 Å². The highest BCUT2D eigenvalue weighted by atomic mass is 32.1. The van der Waals surface area contributed by atoms with Crippen LogP contribution in [0.5, 0.6) is 0 Å². The Morgan fingerprint density at radius 3 is 2.63 bits per heavy atom. The molecule has 2 amide bonds. The first-order valence-corrected chi connectivity index (χ1v) is 9.52. The number of carbonyl (C=O) groups excluding carboxylic acids is 2. The van der Waals surface area contributed by atoms with Gasteiger partial charge in [0.1, 0.15) is 17.8 Å². The van der Waals surface area contributed by atoms with Gasteiger partial charge in [-0.1, -0.05) is 12.1 Å². The summed E-state index contributed by atoms with van der Waals surface area (Å²) >= 11 is 1.48. The molecule has 2 rings (SSSR count). The van der Waals surface area contributed by atoms with Crippen LogP contribution >= 0.6 is 11.3 Å². The maximum Gasteiger partial charge on any atom is 0.326 e. The van der Waals surface area contributed by atoms with Crippen molar-refractivity contribution < 1.29 is 24.2 Å². The van der Waals surface area contributed by atoms with Gasteiger partial charge in [-0.25, -0.2) is 4.79 Å². The second-order valence-corrected chi connectivity index (χ2v) is 7.37. The first-order valence-electron chi connectivity index (χ1n) is 8.64. The third-order valence-corrected chi connectivity index (χ3v) is 5.12. The number of hydrogen-bond acceptors (Lipinski definition) is 5. The van der Waals surface area contributed by atoms with E-state index in [2.05, 4.69) is 10.6 Å². The molecule has 1 heterocycles. The minimum atomic E-state index is -1.10. The van der Waals surface area contributed by atoms with E-state index >= 15 is 0 Å². The summed E-state index contributed by atoms with van der Waals surface area (Å²) in [5, 5.41) is 16.6. The third kappa shape index (κ3) is 6.56. The lowest BCUT2D eigenvalue weighted by Crippen LogP contribution is -2.52. The first-order chi connectivity index (χ1) is 12.9. The summed E-state index contributed by atoms with van der Waals surface area (Å²) in [4.78, 5) is 36.6. The Labute approximate surface area is 162 Å². The molecule has 8 heteroatoms. The predicted molar refractivity (Wildman–Crippen MR) is 102 cm³/mol. The zero-order valence-electron chi connectivity index (χ0n) is 15.3. The van der Waals surface area contributed by atoms with Crippen LogP contribution in [0.2, 0.25) is 0 Å². The van der Waals surface area contributed by atoms with Gasteiger partial charge in [-0.05, 0) is 42.4 Å². The highest BCUT2D eigenvalue weighted by molar-refractivity contribution is 7.09. The van der Waals surface area contributed by atoms with E-state index < -0.39 is 24.0 Å². The molecule has 0 aromatic carbocycles. The van der Waals surface area contributed by atoms with Crippen LogP contribution in [0.3, 0.4) is 0 Å². The van der Waals surface area contributed by atoms with Crippen LogP contribution in [0.25, 0.3) is 0 Å². The number of carbonyl (C=O) groups is 3. The molecule has 0 radical (unpaired) electrons. The van der Waals surface area contributed by atoms with Crippen molar-refractivity contribution in [2.24, 2.45) is 5.92 Å². The monoisotopic (exact) mass is 392 g/mol. The maximum absolute atomic E-state index is 12.6. The largest absolute Gasteiger partial charge is 0.497 e. The average molecular weight is 392 g/mol. The van der Waals surface area contributed by atoms with Crippen LogP contribution in [0, 0.1) is 5.92 Å². The van der Waals surface area contributed by atoms with E-state index in [0.717, 1.165) is 10.6 Å². The van der Waals surface area contributed by atoms with Crippen LogP contribution in [0.1, 0.15) is 24.6 Å². The van der Waals surface area contributed by atoms with E-state index in [1.807, 2.05) is 29.7 Å². The van der Waals surface area contributed by atoms with Gasteiger partial charge in [0.2, 0.25) is 11.8 Å². The van der Waals surface area contributed by atoms with Crippen LogP contribution in [-0.4, -0.2) is 42.1 Å². The van der Waals surface area contributed by atoms with Crippen LogP contribution in [-0.2, 0) is 25.5 Å². The second-order valence-electron chi connectivity index (χ2n) is 6.34. The molecule has 146 valence electrons. The number of nitrogens with one attached hydrogen (secondary N) is 2. The molecule has 1 aliphatic carbocycles. The molecule has 0 fully saturated rings. The van der Waals surface area contributed by atoms with Gasteiger partial charge < -0.3 is 20.5 Å². The summed E-state index contributed by atoms with van der Waals surface area (Å²) in [6, 6.07) is 1.88. The first kappa shape index (κ1) is 20.7. The van der Waals surface area contributed by atoms with E-state index in [1.54, 1.807) is 13.2 Å². The quantitative estimate of drug-likeness (QED) is 0.595. The van der Waals surface area contributed by atoms with Gasteiger partial charge in [-0.15, -0.1) is 11.3 Å². The summed E-state index contributed by atoms with van der Waals surface area (Å²) < 4.78 is 5.12. The average Bonchev–Trinajstić information content (AvgIpc) is 3.13. The fourth-order valence-electron chi connectivity index (χ4n) is 2.85. The number of ether oxygens (including phenoxy) is 1. The molecule has 7 nitrogen and oxygen atoms in total. The third-order valence-electron chi connectivity index (χ3n) is 4.22. The highest BCUT2D eigenvalue weighted by Gasteiger charge is 2.28. The van der Waals surface area contributed by atoms with Gasteiger partial charge >= 0.3 is 5.97 Å². The van der Waals surface area contributed by atoms with Crippen molar-refractivity contribution >= 4 is 29.1 Å². The predicted octanol–water partition coefficient (Wildman–Crippen LogP) is 1.86. The zero-order chi connectivity index (χ0) is 19.8. The van der Waals surface area contributed by atoms with E-state index in [4.69, 9.17) is 4.74 Å². The SMILES string of the molecule is COC1=CCC(C[C@H](NC(=O)[C@H](Cc2cccs2)NC(C)=O)C(=O)O)C=C1. The van der Waals surface area contributed by atoms with Crippen molar-refractivity contribution in [2.45, 2.75) is 38.3 Å². The number of aliphatic carboxylic acids is 1. The van der Waals surface area contributed by atoms with Crippen LogP contribution in [0.15, 0.2) is 41.5 Å². The Morgan fingerprint density at radius 2 is 2.11 bits per heavy atom. The number of rotatable bonds is 9. The molecule has 3 atom stereocenters. The molecule has 0 spiro atoms. The van der Waals surface area contributed by atoms with Crippen molar-refractivity contribution in [3.05, 3.63) is 46.4 Å². The van der Waals surface area contributed by atoms with Crippen LogP contribution < -0.4 is 10.6 Å². The standard InChI is InChI=1S/C19H24N2O5S/c1-12(22)20-16(11-15-4-3-9-27-15)18(23)21-17(19(24)25)10-13-5-7-14(26-2)8-6-13/h3-5,7-9,13,16-17H,6,10-11H2,1-2H3,(H,20,22)(H,21,23)(H,24,25)/t13?,16-,17-/m0/s1. The summed E-state index contributed by atoms with van der Waals surface area (Å²) in [6.45, 7) is 1.33. The minimum absolute atomic E-state index is 0.0122. The molecular weight excluding hydrogens is 368 g/mol. The highest BCUT2D eigenvalue weighted by Crippen LogP contribution is 2.21. The Bertz CT molecular complexity index is 726. The fraction of sp³-hybridized carbons (Fsp3) is 0.421. The van der Waals surface area contributed by atoms with Crippen molar-refractivity contribution in [3.8, 4) is 0 Å². The summed E-state index contributed by atoms with van der Waals surface area (Å²) in [7, 11) is 1.58. The second kappa shape index (κ2) is 9.91. The van der Waals surface area contributed by atoms with Crippen molar-refractivity contribution in [2.75, 3.05) is 7.11 Å². The van der Waals surface area contributed by atoms with E-state index in [-0.39, 0.29) is 18.2 Å². The molecule has 1 aromatic rings. The van der Waals surface area contributed by atoms with Gasteiger partial charge in [0.25, 0.3) is 0 Å². The number of allylic oxidation sites excluding steroid dienone is 3. The summed E-state index contributed by atoms with van der Waals surface area (Å²) in [5.41, 5.74) is 0. The number of methoxy groups -OCH3 is 1. The van der Waals surface area contributed by atoms with Gasteiger partial charge in [0.15, 0.2) is 0 Å². The number of carboxylic acids is 1. The van der Waals surface area contributed by atoms with Gasteiger partial charge in [-0.2, -0.15) is 0 Å². The fourth-order valence-corrected chi connectivity index (χ4v) is 3.60. The van der Waals surface area contributed by atoms with Crippen molar-refractivity contribution in [1.29, 1.82) is 0 Å². The summed E-state index contributed by atoms with van der Waals surface area (Å²) in [5.74, 6) is -1.22. The Morgan fingerprint density at radius 1 is 1.33 bits per heavy atom. The molecule has 0 bridgehead atoms. The van der Waals surface area contributed by atoms with Crippen molar-refractivity contribution in [3.63, 3.8) is 0 Å². The normalized spacial score (nSPS) is 18.1. The number of hydrogen-bond donors (Lipinski definition) is 3. The van der Waals surface area contributed by atoms with Gasteiger partial charge in [-0.3, -0.25) is 9.59 Å². The molecule has 0 saturated heterocycles. The Kier molecular flexibility index (Phi) is 7.60. The molecule has 1 aromatic heterocycles. The lowest BCUT2D eigenvalue weighted by atomic mass is 9.92. The molecule has 1 aliphatic rings. The Hall–Kier alpha value is -2.61. The molecule has 0 saturated carbocycles. The lowest BCUT2D eigenvalue weighted by Gasteiger charge is -2.23. The van der Waals surface area contributed by atoms with E-state index in [9.17, 15) is 19.5 Å². The minimum Gasteiger partial charge on any atom is -0.497 e. The van der Waals surface area contributed by atoms with E-state index in [1.165, 1.54) is 18.3 Å². The molecule has 27 heavy (non-hydrogen) atoms. The maximum atomic E-state index is 12.6. The lowest BCUT2D eigenvalue weighted by molar-refractivity contribution is -0.142. The Balaban J connectivity index is 2.00. The van der Waals surface area contributed by atoms with E-state index in [0.29, 0.717) is 12.8 Å². The van der Waals surface area contributed by atoms with Crippen molar-refractivity contribution in [1.82, 2.24) is 10.6 Å². The summed E-state index contributed by atoms with van der Waals surface area (Å²) in [6.07, 6.45) is 6.80. The molecular formula is C19H24N2O5S. The number of carboxylic acid groups (broad SMARTS) is 1. The number of amides is 2.